The molecular formula is C15H10ClFN4O. The molecule has 0 aliphatic heterocycles. The molecule has 3 aromatic rings. The second-order valence-electron chi connectivity index (χ2n) is 4.41. The van der Waals surface area contributed by atoms with E-state index in [1.807, 2.05) is 6.07 Å². The number of hydrogen-bond acceptors (Lipinski definition) is 5. The summed E-state index contributed by atoms with van der Waals surface area (Å²) in [5.41, 5.74) is 1.00. The van der Waals surface area contributed by atoms with Crippen LogP contribution < -0.4 is 5.32 Å². The van der Waals surface area contributed by atoms with Crippen molar-refractivity contribution in [1.29, 1.82) is 0 Å². The van der Waals surface area contributed by atoms with Crippen LogP contribution in [-0.2, 0) is 0 Å². The first-order chi connectivity index (χ1) is 10.6. The van der Waals surface area contributed by atoms with Gasteiger partial charge in [-0.05, 0) is 24.3 Å². The fourth-order valence-corrected chi connectivity index (χ4v) is 2.01. The van der Waals surface area contributed by atoms with Crippen LogP contribution >= 0.6 is 11.6 Å². The number of nitrogens with zero attached hydrogens (tertiary/aromatic N) is 3. The van der Waals surface area contributed by atoms with Gasteiger partial charge in [-0.1, -0.05) is 17.7 Å². The Morgan fingerprint density at radius 2 is 1.95 bits per heavy atom. The summed E-state index contributed by atoms with van der Waals surface area (Å²) in [6.07, 6.45) is 1.63. The molecule has 22 heavy (non-hydrogen) atoms. The monoisotopic (exact) mass is 316 g/mol. The molecule has 0 fully saturated rings. The third kappa shape index (κ3) is 3.12. The van der Waals surface area contributed by atoms with E-state index in [9.17, 15) is 9.50 Å². The van der Waals surface area contributed by atoms with E-state index in [0.717, 1.165) is 6.07 Å². The molecule has 0 bridgehead atoms. The molecule has 0 saturated carbocycles. The van der Waals surface area contributed by atoms with Crippen molar-refractivity contribution in [2.75, 3.05) is 5.32 Å². The molecule has 5 nitrogen and oxygen atoms in total. The van der Waals surface area contributed by atoms with Crippen molar-refractivity contribution in [3.05, 3.63) is 59.6 Å². The summed E-state index contributed by atoms with van der Waals surface area (Å²) < 4.78 is 13.3. The zero-order valence-corrected chi connectivity index (χ0v) is 11.9. The van der Waals surface area contributed by atoms with Gasteiger partial charge in [-0.15, -0.1) is 0 Å². The summed E-state index contributed by atoms with van der Waals surface area (Å²) in [5, 5.41) is 12.3. The minimum atomic E-state index is -0.727. The first-order valence-electron chi connectivity index (χ1n) is 6.33. The maximum absolute atomic E-state index is 13.3. The number of nitrogens with one attached hydrogen (secondary N) is 1. The normalized spacial score (nSPS) is 10.5. The van der Waals surface area contributed by atoms with Gasteiger partial charge in [0, 0.05) is 24.0 Å². The van der Waals surface area contributed by atoms with Gasteiger partial charge in [0.1, 0.15) is 16.7 Å². The molecule has 7 heteroatoms. The van der Waals surface area contributed by atoms with Crippen LogP contribution in [0.5, 0.6) is 5.75 Å². The van der Waals surface area contributed by atoms with E-state index in [2.05, 4.69) is 20.3 Å². The van der Waals surface area contributed by atoms with Crippen molar-refractivity contribution in [3.63, 3.8) is 0 Å². The maximum Gasteiger partial charge on any atom is 0.181 e. The fourth-order valence-electron chi connectivity index (χ4n) is 1.82. The molecule has 2 N–H and O–H groups in total. The minimum absolute atomic E-state index is 0.234. The Morgan fingerprint density at radius 1 is 1.09 bits per heavy atom. The van der Waals surface area contributed by atoms with Crippen LogP contribution in [0.1, 0.15) is 0 Å². The average Bonchev–Trinajstić information content (AvgIpc) is 2.51. The van der Waals surface area contributed by atoms with E-state index < -0.39 is 11.6 Å². The number of anilines is 2. The van der Waals surface area contributed by atoms with Crippen molar-refractivity contribution in [1.82, 2.24) is 15.0 Å². The van der Waals surface area contributed by atoms with Gasteiger partial charge in [0.25, 0.3) is 0 Å². The SMILES string of the molecule is Oc1ccc(Nc2cc(Cl)nc(-c3ccccn3)n2)cc1F. The summed E-state index contributed by atoms with van der Waals surface area (Å²) >= 11 is 5.99. The first kappa shape index (κ1) is 14.2. The lowest BCUT2D eigenvalue weighted by Gasteiger charge is -2.08. The molecule has 2 heterocycles. The third-order valence-electron chi connectivity index (χ3n) is 2.81. The number of hydrogen-bond donors (Lipinski definition) is 2. The van der Waals surface area contributed by atoms with Crippen molar-refractivity contribution in [2.24, 2.45) is 0 Å². The number of rotatable bonds is 3. The van der Waals surface area contributed by atoms with Crippen molar-refractivity contribution >= 4 is 23.1 Å². The summed E-state index contributed by atoms with van der Waals surface area (Å²) in [5.74, 6) is -0.392. The van der Waals surface area contributed by atoms with E-state index in [-0.39, 0.29) is 5.15 Å². The first-order valence-corrected chi connectivity index (χ1v) is 6.71. The van der Waals surface area contributed by atoms with Gasteiger partial charge >= 0.3 is 0 Å². The van der Waals surface area contributed by atoms with E-state index >= 15 is 0 Å². The van der Waals surface area contributed by atoms with E-state index in [1.165, 1.54) is 18.2 Å². The maximum atomic E-state index is 13.3. The molecule has 2 aromatic heterocycles. The van der Waals surface area contributed by atoms with Gasteiger partial charge in [0.05, 0.1) is 0 Å². The van der Waals surface area contributed by atoms with Crippen LogP contribution in [-0.4, -0.2) is 20.1 Å². The molecule has 0 saturated heterocycles. The summed E-state index contributed by atoms with van der Waals surface area (Å²) in [6.45, 7) is 0. The van der Waals surface area contributed by atoms with Crippen LogP contribution in [0.2, 0.25) is 5.15 Å². The van der Waals surface area contributed by atoms with Gasteiger partial charge < -0.3 is 10.4 Å². The number of phenolic OH excluding ortho intramolecular Hbond substituents is 1. The second kappa shape index (κ2) is 5.95. The zero-order valence-electron chi connectivity index (χ0n) is 11.2. The quantitative estimate of drug-likeness (QED) is 0.568. The zero-order chi connectivity index (χ0) is 15.5. The van der Waals surface area contributed by atoms with Gasteiger partial charge in [0.15, 0.2) is 17.4 Å². The standard InChI is InChI=1S/C15H10ClFN4O/c16-13-8-14(19-9-4-5-12(22)10(17)7-9)21-15(20-13)11-3-1-2-6-18-11/h1-8,22H,(H,19,20,21). The molecule has 0 unspecified atom stereocenters. The molecule has 0 radical (unpaired) electrons. The molecule has 110 valence electrons. The predicted octanol–water partition coefficient (Wildman–Crippen LogP) is 3.78. The summed E-state index contributed by atoms with van der Waals surface area (Å²) in [6, 6.07) is 10.8. The average molecular weight is 317 g/mol. The Hall–Kier alpha value is -2.73. The van der Waals surface area contributed by atoms with Crippen LogP contribution in [0.3, 0.4) is 0 Å². The van der Waals surface area contributed by atoms with Crippen LogP contribution in [0, 0.1) is 5.82 Å². The van der Waals surface area contributed by atoms with Crippen molar-refractivity contribution < 1.29 is 9.50 Å². The largest absolute Gasteiger partial charge is 0.505 e. The van der Waals surface area contributed by atoms with E-state index in [4.69, 9.17) is 11.6 Å². The predicted molar refractivity (Wildman–Crippen MR) is 81.6 cm³/mol. The van der Waals surface area contributed by atoms with E-state index in [0.29, 0.717) is 23.0 Å². The van der Waals surface area contributed by atoms with Gasteiger partial charge in [-0.2, -0.15) is 0 Å². The number of benzene rings is 1. The molecule has 0 atom stereocenters. The molecule has 0 amide bonds. The highest BCUT2D eigenvalue weighted by Gasteiger charge is 2.08. The topological polar surface area (TPSA) is 70.9 Å². The molecule has 0 aliphatic carbocycles. The molecule has 0 spiro atoms. The number of pyridine rings is 1. The van der Waals surface area contributed by atoms with Gasteiger partial charge in [-0.25, -0.2) is 14.4 Å². The summed E-state index contributed by atoms with van der Waals surface area (Å²) in [7, 11) is 0. The highest BCUT2D eigenvalue weighted by Crippen LogP contribution is 2.24. The fraction of sp³-hybridized carbons (Fsp3) is 0. The van der Waals surface area contributed by atoms with Gasteiger partial charge in [0.2, 0.25) is 0 Å². The molecule has 1 aromatic carbocycles. The Kier molecular flexibility index (Phi) is 3.84. The number of phenols is 1. The number of aromatic nitrogens is 3. The Balaban J connectivity index is 1.94. The lowest BCUT2D eigenvalue weighted by molar-refractivity contribution is 0.432. The van der Waals surface area contributed by atoms with E-state index in [1.54, 1.807) is 18.3 Å². The molecular weight excluding hydrogens is 307 g/mol. The smallest absolute Gasteiger partial charge is 0.181 e. The van der Waals surface area contributed by atoms with Crippen molar-refractivity contribution in [3.8, 4) is 17.3 Å². The van der Waals surface area contributed by atoms with Crippen molar-refractivity contribution in [2.45, 2.75) is 0 Å². The second-order valence-corrected chi connectivity index (χ2v) is 4.79. The number of aromatic hydroxyl groups is 1. The third-order valence-corrected chi connectivity index (χ3v) is 3.00. The Bertz CT molecular complexity index is 814. The lowest BCUT2D eigenvalue weighted by atomic mass is 10.3. The number of halogens is 2. The molecule has 0 aliphatic rings. The molecule has 3 rings (SSSR count). The van der Waals surface area contributed by atoms with Crippen LogP contribution in [0.25, 0.3) is 11.5 Å². The lowest BCUT2D eigenvalue weighted by Crippen LogP contribution is -1.99. The Morgan fingerprint density at radius 3 is 2.68 bits per heavy atom. The van der Waals surface area contributed by atoms with Crippen LogP contribution in [0.15, 0.2) is 48.7 Å². The van der Waals surface area contributed by atoms with Crippen LogP contribution in [0.4, 0.5) is 15.9 Å². The van der Waals surface area contributed by atoms with Gasteiger partial charge in [-0.3, -0.25) is 4.98 Å². The minimum Gasteiger partial charge on any atom is -0.505 e. The highest BCUT2D eigenvalue weighted by atomic mass is 35.5. The Labute approximate surface area is 130 Å². The highest BCUT2D eigenvalue weighted by molar-refractivity contribution is 6.29. The summed E-state index contributed by atoms with van der Waals surface area (Å²) in [4.78, 5) is 12.6.